The fourth-order valence-corrected chi connectivity index (χ4v) is 2.49. The quantitative estimate of drug-likeness (QED) is 0.550. The molecule has 0 aliphatic rings. The summed E-state index contributed by atoms with van der Waals surface area (Å²) >= 11 is 0. The molecule has 2 aromatic carbocycles. The Hall–Kier alpha value is -2.16. The Morgan fingerprint density at radius 3 is 2.43 bits per heavy atom. The van der Waals surface area contributed by atoms with Crippen molar-refractivity contribution in [3.63, 3.8) is 0 Å². The van der Waals surface area contributed by atoms with E-state index in [0.717, 1.165) is 21.9 Å². The molecule has 0 unspecified atom stereocenters. The fourth-order valence-electron chi connectivity index (χ4n) is 2.49. The van der Waals surface area contributed by atoms with Gasteiger partial charge in [-0.05, 0) is 74.2 Å². The lowest BCUT2D eigenvalue weighted by Crippen LogP contribution is -2.25. The van der Waals surface area contributed by atoms with Gasteiger partial charge in [0.1, 0.15) is 11.6 Å². The summed E-state index contributed by atoms with van der Waals surface area (Å²) in [6.45, 7) is 13.2. The van der Waals surface area contributed by atoms with Crippen molar-refractivity contribution >= 4 is 22.3 Å². The molecular formula is C20H23FO2. The lowest BCUT2D eigenvalue weighted by molar-refractivity contribution is -0.142. The van der Waals surface area contributed by atoms with Crippen LogP contribution in [0.3, 0.4) is 0 Å². The number of carbonyl (C=O) groups excluding carboxylic acids is 1. The Kier molecular flexibility index (Phi) is 4.60. The summed E-state index contributed by atoms with van der Waals surface area (Å²) in [5.41, 5.74) is 1.70. The van der Waals surface area contributed by atoms with Crippen molar-refractivity contribution in [1.82, 2.24) is 0 Å². The van der Waals surface area contributed by atoms with Crippen molar-refractivity contribution in [2.24, 2.45) is 5.41 Å². The van der Waals surface area contributed by atoms with Gasteiger partial charge in [0.25, 0.3) is 0 Å². The third-order valence-electron chi connectivity index (χ3n) is 3.78. The van der Waals surface area contributed by atoms with Crippen molar-refractivity contribution in [1.29, 1.82) is 0 Å². The van der Waals surface area contributed by atoms with Gasteiger partial charge in [-0.15, -0.1) is 0 Å². The summed E-state index contributed by atoms with van der Waals surface area (Å²) in [6.07, 6.45) is 0.588. The Balaban J connectivity index is 2.66. The van der Waals surface area contributed by atoms with Crippen molar-refractivity contribution < 1.29 is 13.9 Å². The van der Waals surface area contributed by atoms with Gasteiger partial charge < -0.3 is 4.74 Å². The molecule has 2 aromatic rings. The maximum atomic E-state index is 14.1. The second kappa shape index (κ2) is 6.15. The molecule has 2 rings (SSSR count). The molecule has 0 fully saturated rings. The van der Waals surface area contributed by atoms with E-state index >= 15 is 0 Å². The second-order valence-electron chi connectivity index (χ2n) is 6.87. The van der Waals surface area contributed by atoms with Crippen LogP contribution in [0.15, 0.2) is 30.8 Å². The fraction of sp³-hybridized carbons (Fsp3) is 0.350. The average molecular weight is 314 g/mol. The molecule has 0 spiro atoms. The van der Waals surface area contributed by atoms with Crippen molar-refractivity contribution in [3.05, 3.63) is 47.8 Å². The van der Waals surface area contributed by atoms with E-state index < -0.39 is 5.41 Å². The topological polar surface area (TPSA) is 26.3 Å². The Labute approximate surface area is 137 Å². The summed E-state index contributed by atoms with van der Waals surface area (Å²) in [6, 6.07) is 6.72. The zero-order valence-corrected chi connectivity index (χ0v) is 14.4. The van der Waals surface area contributed by atoms with Crippen molar-refractivity contribution in [2.75, 3.05) is 0 Å². The van der Waals surface area contributed by atoms with E-state index in [1.54, 1.807) is 39.0 Å². The Morgan fingerprint density at radius 2 is 1.91 bits per heavy atom. The van der Waals surface area contributed by atoms with Crippen LogP contribution in [0.25, 0.3) is 16.3 Å². The molecule has 23 heavy (non-hydrogen) atoms. The summed E-state index contributed by atoms with van der Waals surface area (Å²) in [5, 5.41) is 1.69. The van der Waals surface area contributed by atoms with E-state index in [4.69, 9.17) is 4.74 Å². The summed E-state index contributed by atoms with van der Waals surface area (Å²) in [4.78, 5) is 12.1. The summed E-state index contributed by atoms with van der Waals surface area (Å²) < 4.78 is 19.6. The molecule has 0 saturated heterocycles. The van der Waals surface area contributed by atoms with Gasteiger partial charge in [0, 0.05) is 0 Å². The third kappa shape index (κ3) is 3.44. The van der Waals surface area contributed by atoms with Crippen LogP contribution in [-0.4, -0.2) is 5.97 Å². The van der Waals surface area contributed by atoms with Crippen LogP contribution in [-0.2, 0) is 11.2 Å². The van der Waals surface area contributed by atoms with Gasteiger partial charge in [0.15, 0.2) is 0 Å². The molecule has 0 heterocycles. The second-order valence-corrected chi connectivity index (χ2v) is 6.87. The van der Waals surface area contributed by atoms with E-state index in [2.05, 4.69) is 6.58 Å². The minimum atomic E-state index is -0.588. The monoisotopic (exact) mass is 314 g/mol. The molecular weight excluding hydrogens is 291 g/mol. The normalized spacial score (nSPS) is 11.6. The van der Waals surface area contributed by atoms with Gasteiger partial charge in [-0.1, -0.05) is 25.1 Å². The van der Waals surface area contributed by atoms with Gasteiger partial charge >= 0.3 is 5.97 Å². The highest BCUT2D eigenvalue weighted by Gasteiger charge is 2.24. The zero-order valence-electron chi connectivity index (χ0n) is 14.4. The lowest BCUT2D eigenvalue weighted by atomic mass is 9.93. The van der Waals surface area contributed by atoms with Crippen LogP contribution in [0.2, 0.25) is 0 Å². The highest BCUT2D eigenvalue weighted by molar-refractivity contribution is 5.97. The molecule has 0 N–H and O–H groups in total. The molecule has 2 nitrogen and oxygen atoms in total. The summed E-state index contributed by atoms with van der Waals surface area (Å²) in [7, 11) is 0. The van der Waals surface area contributed by atoms with E-state index in [0.29, 0.717) is 17.7 Å². The number of esters is 1. The van der Waals surface area contributed by atoms with Gasteiger partial charge in [-0.3, -0.25) is 4.79 Å². The van der Waals surface area contributed by atoms with Gasteiger partial charge in [-0.2, -0.15) is 0 Å². The third-order valence-corrected chi connectivity index (χ3v) is 3.78. The van der Waals surface area contributed by atoms with Crippen molar-refractivity contribution in [3.8, 4) is 5.75 Å². The van der Waals surface area contributed by atoms with E-state index in [9.17, 15) is 9.18 Å². The van der Waals surface area contributed by atoms with Gasteiger partial charge in [0.2, 0.25) is 0 Å². The first-order valence-corrected chi connectivity index (χ1v) is 7.78. The first-order chi connectivity index (χ1) is 10.6. The number of hydrogen-bond acceptors (Lipinski definition) is 2. The van der Waals surface area contributed by atoms with E-state index in [-0.39, 0.29) is 11.8 Å². The van der Waals surface area contributed by atoms with E-state index in [1.807, 2.05) is 13.8 Å². The minimum Gasteiger partial charge on any atom is -0.426 e. The number of allylic oxidation sites excluding steroid dienone is 1. The molecule has 0 aromatic heterocycles. The first kappa shape index (κ1) is 17.2. The predicted molar refractivity (Wildman–Crippen MR) is 93.1 cm³/mol. The van der Waals surface area contributed by atoms with Crippen LogP contribution in [0.4, 0.5) is 4.39 Å². The number of ether oxygens (including phenoxy) is 1. The van der Waals surface area contributed by atoms with Crippen LogP contribution in [0.1, 0.15) is 45.7 Å². The maximum absolute atomic E-state index is 14.1. The number of aryl methyl sites for hydroxylation is 1. The standard InChI is InChI=1S/C20H23FO2/c1-7-15-17(21)9-8-13-10-14(23-19(22)20(4,5)6)11-16(12(2)3)18(13)15/h8-11H,2,7H2,1,3-6H3. The van der Waals surface area contributed by atoms with Crippen molar-refractivity contribution in [2.45, 2.75) is 41.0 Å². The predicted octanol–water partition coefficient (Wildman–Crippen LogP) is 5.53. The molecule has 3 heteroatoms. The van der Waals surface area contributed by atoms with Crippen LogP contribution in [0.5, 0.6) is 5.75 Å². The SMILES string of the molecule is C=C(C)c1cc(OC(=O)C(C)(C)C)cc2ccc(F)c(CC)c12. The molecule has 0 aliphatic heterocycles. The van der Waals surface area contributed by atoms with Crippen LogP contribution in [0, 0.1) is 11.2 Å². The molecule has 0 atom stereocenters. The van der Waals surface area contributed by atoms with Crippen LogP contribution >= 0.6 is 0 Å². The number of rotatable bonds is 3. The molecule has 0 bridgehead atoms. The number of carbonyl (C=O) groups is 1. The Bertz CT molecular complexity index is 782. The number of fused-ring (bicyclic) bond motifs is 1. The largest absolute Gasteiger partial charge is 0.426 e. The lowest BCUT2D eigenvalue weighted by Gasteiger charge is -2.18. The molecule has 122 valence electrons. The van der Waals surface area contributed by atoms with Gasteiger partial charge in [0.05, 0.1) is 5.41 Å². The number of benzene rings is 2. The summed E-state index contributed by atoms with van der Waals surface area (Å²) in [5.74, 6) is -0.0617. The van der Waals surface area contributed by atoms with Gasteiger partial charge in [-0.25, -0.2) is 4.39 Å². The molecule has 0 saturated carbocycles. The average Bonchev–Trinajstić information content (AvgIpc) is 2.45. The highest BCUT2D eigenvalue weighted by Crippen LogP contribution is 2.34. The first-order valence-electron chi connectivity index (χ1n) is 7.78. The van der Waals surface area contributed by atoms with Crippen LogP contribution < -0.4 is 4.74 Å². The zero-order chi connectivity index (χ0) is 17.4. The Morgan fingerprint density at radius 1 is 1.26 bits per heavy atom. The maximum Gasteiger partial charge on any atom is 0.316 e. The number of halogens is 1. The highest BCUT2D eigenvalue weighted by atomic mass is 19.1. The smallest absolute Gasteiger partial charge is 0.316 e. The molecule has 0 radical (unpaired) electrons. The minimum absolute atomic E-state index is 0.220. The molecule has 0 amide bonds. The molecule has 0 aliphatic carbocycles. The number of hydrogen-bond donors (Lipinski definition) is 0. The van der Waals surface area contributed by atoms with E-state index in [1.165, 1.54) is 6.07 Å².